The fraction of sp³-hybridized carbons (Fsp3) is 0.478. The Kier molecular flexibility index (Phi) is 7.50. The maximum Gasteiger partial charge on any atom is 0.410 e. The molecule has 0 unspecified atom stereocenters. The molecule has 1 aliphatic rings. The van der Waals surface area contributed by atoms with Crippen molar-refractivity contribution in [2.45, 2.75) is 45.9 Å². The SMILES string of the molecule is COc1ccc2nc(C)n(CC(=O)N3CCN(C(=O)OC(C)(C)C)C[C@H]3c3nc(I)c(I)[nH]3)c2c1. The molecule has 4 rings (SSSR count). The third-order valence-corrected chi connectivity index (χ3v) is 8.34. The average molecular weight is 706 g/mol. The number of piperazine rings is 1. The number of methoxy groups -OCH3 is 1. The van der Waals surface area contributed by atoms with Crippen molar-refractivity contribution in [1.29, 1.82) is 0 Å². The van der Waals surface area contributed by atoms with Gasteiger partial charge in [0.1, 0.15) is 43.0 Å². The lowest BCUT2D eigenvalue weighted by Gasteiger charge is -2.40. The van der Waals surface area contributed by atoms with Crippen LogP contribution in [0, 0.1) is 14.3 Å². The van der Waals surface area contributed by atoms with Crippen molar-refractivity contribution >= 4 is 68.2 Å². The van der Waals surface area contributed by atoms with Gasteiger partial charge in [-0.25, -0.2) is 14.8 Å². The molecule has 35 heavy (non-hydrogen) atoms. The summed E-state index contributed by atoms with van der Waals surface area (Å²) < 4.78 is 14.6. The minimum absolute atomic E-state index is 0.0783. The summed E-state index contributed by atoms with van der Waals surface area (Å²) in [5.74, 6) is 2.02. The Hall–Kier alpha value is -2.10. The van der Waals surface area contributed by atoms with Gasteiger partial charge in [-0.05, 0) is 85.0 Å². The molecule has 1 atom stereocenters. The van der Waals surface area contributed by atoms with Gasteiger partial charge in [0, 0.05) is 19.2 Å². The van der Waals surface area contributed by atoms with Crippen molar-refractivity contribution in [2.24, 2.45) is 0 Å². The van der Waals surface area contributed by atoms with Gasteiger partial charge in [-0.15, -0.1) is 0 Å². The molecule has 1 fully saturated rings. The molecule has 3 heterocycles. The van der Waals surface area contributed by atoms with Crippen LogP contribution in [0.15, 0.2) is 18.2 Å². The van der Waals surface area contributed by atoms with E-state index in [1.54, 1.807) is 16.9 Å². The Labute approximate surface area is 231 Å². The van der Waals surface area contributed by atoms with Crippen LogP contribution in [0.3, 0.4) is 0 Å². The highest BCUT2D eigenvalue weighted by Gasteiger charge is 2.37. The fourth-order valence-corrected chi connectivity index (χ4v) is 4.88. The van der Waals surface area contributed by atoms with Gasteiger partial charge in [-0.1, -0.05) is 0 Å². The molecule has 2 aromatic heterocycles. The van der Waals surface area contributed by atoms with E-state index < -0.39 is 17.7 Å². The molecule has 1 saturated heterocycles. The summed E-state index contributed by atoms with van der Waals surface area (Å²) in [7, 11) is 1.61. The predicted octanol–water partition coefficient (Wildman–Crippen LogP) is 4.11. The van der Waals surface area contributed by atoms with E-state index in [1.807, 2.05) is 50.5 Å². The molecule has 0 saturated carbocycles. The van der Waals surface area contributed by atoms with Crippen LogP contribution >= 0.6 is 45.2 Å². The maximum absolute atomic E-state index is 13.7. The van der Waals surface area contributed by atoms with E-state index >= 15 is 0 Å². The van der Waals surface area contributed by atoms with Crippen LogP contribution in [-0.2, 0) is 16.1 Å². The fourth-order valence-electron chi connectivity index (χ4n) is 4.09. The van der Waals surface area contributed by atoms with E-state index in [2.05, 4.69) is 60.1 Å². The summed E-state index contributed by atoms with van der Waals surface area (Å²) >= 11 is 4.34. The van der Waals surface area contributed by atoms with E-state index in [0.29, 0.717) is 24.7 Å². The van der Waals surface area contributed by atoms with Gasteiger partial charge < -0.3 is 28.8 Å². The van der Waals surface area contributed by atoms with Crippen molar-refractivity contribution < 1.29 is 19.1 Å². The number of fused-ring (bicyclic) bond motifs is 1. The number of H-pyrrole nitrogens is 1. The van der Waals surface area contributed by atoms with Gasteiger partial charge in [0.2, 0.25) is 5.91 Å². The summed E-state index contributed by atoms with van der Waals surface area (Å²) in [6, 6.07) is 5.20. The molecule has 2 amide bonds. The van der Waals surface area contributed by atoms with Crippen molar-refractivity contribution in [3.63, 3.8) is 0 Å². The van der Waals surface area contributed by atoms with Crippen LogP contribution in [-0.4, -0.2) is 73.7 Å². The van der Waals surface area contributed by atoms with Gasteiger partial charge in [0.15, 0.2) is 0 Å². The molecule has 12 heteroatoms. The van der Waals surface area contributed by atoms with Crippen molar-refractivity contribution in [3.8, 4) is 5.75 Å². The average Bonchev–Trinajstić information content (AvgIpc) is 3.29. The summed E-state index contributed by atoms with van der Waals surface area (Å²) in [5.41, 5.74) is 1.04. The van der Waals surface area contributed by atoms with Gasteiger partial charge >= 0.3 is 6.09 Å². The Morgan fingerprint density at radius 3 is 2.57 bits per heavy atom. The number of carbonyl (C=O) groups is 2. The number of nitrogens with one attached hydrogen (secondary N) is 1. The molecule has 0 radical (unpaired) electrons. The van der Waals surface area contributed by atoms with E-state index in [0.717, 1.165) is 24.3 Å². The summed E-state index contributed by atoms with van der Waals surface area (Å²) in [5, 5.41) is 0. The van der Waals surface area contributed by atoms with Crippen LogP contribution in [0.25, 0.3) is 11.0 Å². The molecule has 0 spiro atoms. The largest absolute Gasteiger partial charge is 0.497 e. The number of aromatic amines is 1. The van der Waals surface area contributed by atoms with E-state index in [9.17, 15) is 9.59 Å². The third-order valence-electron chi connectivity index (χ3n) is 5.75. The predicted molar refractivity (Wildman–Crippen MR) is 147 cm³/mol. The Morgan fingerprint density at radius 2 is 1.94 bits per heavy atom. The first kappa shape index (κ1) is 26.0. The minimum Gasteiger partial charge on any atom is -0.497 e. The first-order valence-corrected chi connectivity index (χ1v) is 13.3. The number of carbonyl (C=O) groups excluding carboxylic acids is 2. The van der Waals surface area contributed by atoms with E-state index in [1.165, 1.54) is 0 Å². The van der Waals surface area contributed by atoms with Gasteiger partial charge in [-0.2, -0.15) is 0 Å². The molecule has 10 nitrogen and oxygen atoms in total. The van der Waals surface area contributed by atoms with Gasteiger partial charge in [0.05, 0.1) is 24.7 Å². The number of aromatic nitrogens is 4. The quantitative estimate of drug-likeness (QED) is 0.410. The van der Waals surface area contributed by atoms with Crippen LogP contribution in [0.5, 0.6) is 5.75 Å². The molecule has 3 aromatic rings. The van der Waals surface area contributed by atoms with Crippen LogP contribution in [0.2, 0.25) is 0 Å². The monoisotopic (exact) mass is 706 g/mol. The molecule has 1 N–H and O–H groups in total. The summed E-state index contributed by atoms with van der Waals surface area (Å²) in [6.45, 7) is 8.56. The van der Waals surface area contributed by atoms with Crippen molar-refractivity contribution in [2.75, 3.05) is 26.7 Å². The highest BCUT2D eigenvalue weighted by Crippen LogP contribution is 2.28. The number of hydrogen-bond donors (Lipinski definition) is 1. The lowest BCUT2D eigenvalue weighted by molar-refractivity contribution is -0.137. The zero-order chi connectivity index (χ0) is 25.5. The number of hydrogen-bond acceptors (Lipinski definition) is 6. The first-order chi connectivity index (χ1) is 16.5. The Bertz CT molecular complexity index is 1250. The van der Waals surface area contributed by atoms with E-state index in [-0.39, 0.29) is 19.0 Å². The number of halogens is 2. The van der Waals surface area contributed by atoms with Crippen LogP contribution < -0.4 is 4.74 Å². The molecule has 188 valence electrons. The number of nitrogens with zero attached hydrogens (tertiary/aromatic N) is 5. The molecular formula is C23H28I2N6O4. The number of rotatable bonds is 4. The van der Waals surface area contributed by atoms with Gasteiger partial charge in [-0.3, -0.25) is 4.79 Å². The first-order valence-electron chi connectivity index (χ1n) is 11.2. The second-order valence-electron chi connectivity index (χ2n) is 9.36. The zero-order valence-electron chi connectivity index (χ0n) is 20.3. The highest BCUT2D eigenvalue weighted by molar-refractivity contribution is 14.1. The molecule has 1 aliphatic heterocycles. The second-order valence-corrected chi connectivity index (χ2v) is 11.5. The number of aryl methyl sites for hydroxylation is 1. The smallest absolute Gasteiger partial charge is 0.410 e. The third kappa shape index (κ3) is 5.67. The molecule has 0 bridgehead atoms. The summed E-state index contributed by atoms with van der Waals surface area (Å²) in [4.78, 5) is 42.4. The van der Waals surface area contributed by atoms with Gasteiger partial charge in [0.25, 0.3) is 0 Å². The zero-order valence-corrected chi connectivity index (χ0v) is 24.6. The summed E-state index contributed by atoms with van der Waals surface area (Å²) in [6.07, 6.45) is -0.394. The lowest BCUT2D eigenvalue weighted by atomic mass is 10.1. The topological polar surface area (TPSA) is 106 Å². The number of ether oxygens (including phenoxy) is 2. The normalized spacial score (nSPS) is 16.6. The van der Waals surface area contributed by atoms with Crippen LogP contribution in [0.4, 0.5) is 4.79 Å². The molecular weight excluding hydrogens is 678 g/mol. The standard InChI is InChI=1S/C23H28I2N6O4/c1-13-26-15-7-6-14(34-5)10-16(15)31(13)12-18(32)30-9-8-29(22(33)35-23(2,3)4)11-17(30)21-27-19(24)20(25)28-21/h6-7,10,17H,8-9,11-12H2,1-5H3,(H,27,28)/t17-/m0/s1. The number of benzene rings is 1. The highest BCUT2D eigenvalue weighted by atomic mass is 127. The maximum atomic E-state index is 13.7. The second kappa shape index (κ2) is 10.1. The molecule has 0 aliphatic carbocycles. The van der Waals surface area contributed by atoms with Crippen molar-refractivity contribution in [1.82, 2.24) is 29.3 Å². The number of amides is 2. The number of imidazole rings is 2. The van der Waals surface area contributed by atoms with Crippen molar-refractivity contribution in [3.05, 3.63) is 37.2 Å². The van der Waals surface area contributed by atoms with Crippen LogP contribution in [0.1, 0.15) is 38.5 Å². The Morgan fingerprint density at radius 1 is 1.20 bits per heavy atom. The van der Waals surface area contributed by atoms with E-state index in [4.69, 9.17) is 9.47 Å². The minimum atomic E-state index is -0.601. The molecule has 1 aromatic carbocycles. The Balaban J connectivity index is 1.62. The lowest BCUT2D eigenvalue weighted by Crippen LogP contribution is -2.54.